The van der Waals surface area contributed by atoms with Crippen LogP contribution in [0.15, 0.2) is 46.9 Å². The Labute approximate surface area is 150 Å². The van der Waals surface area contributed by atoms with Crippen LogP contribution in [0.2, 0.25) is 0 Å². The molecule has 5 heteroatoms. The third-order valence-corrected chi connectivity index (χ3v) is 4.58. The summed E-state index contributed by atoms with van der Waals surface area (Å²) in [7, 11) is 0. The number of rotatable bonds is 6. The second kappa shape index (κ2) is 7.53. The molecule has 1 fully saturated rings. The van der Waals surface area contributed by atoms with E-state index in [-0.39, 0.29) is 11.9 Å². The Hall–Kier alpha value is -1.59. The fraction of sp³-hybridized carbons (Fsp3) is 0.368. The molecule has 1 aliphatic rings. The van der Waals surface area contributed by atoms with Crippen molar-refractivity contribution in [3.63, 3.8) is 0 Å². The van der Waals surface area contributed by atoms with E-state index in [9.17, 15) is 4.39 Å². The number of hydrogen-bond donors (Lipinski definition) is 0. The second-order valence-electron chi connectivity index (χ2n) is 6.30. The molecule has 1 aliphatic heterocycles. The quantitative estimate of drug-likeness (QED) is 0.713. The molecule has 1 saturated heterocycles. The van der Waals surface area contributed by atoms with Crippen LogP contribution in [0.5, 0.6) is 11.5 Å². The predicted octanol–water partition coefficient (Wildman–Crippen LogP) is 4.64. The molecular weight excluding hydrogens is 373 g/mol. The second-order valence-corrected chi connectivity index (χ2v) is 7.21. The highest BCUT2D eigenvalue weighted by atomic mass is 79.9. The van der Waals surface area contributed by atoms with Crippen molar-refractivity contribution in [3.8, 4) is 11.5 Å². The number of benzene rings is 2. The molecule has 3 rings (SSSR count). The maximum Gasteiger partial charge on any atom is 0.162 e. The van der Waals surface area contributed by atoms with Gasteiger partial charge < -0.3 is 9.47 Å². The zero-order chi connectivity index (χ0) is 17.1. The number of nitrogens with zero attached hydrogens (tertiary/aromatic N) is 1. The van der Waals surface area contributed by atoms with Gasteiger partial charge in [0.05, 0.1) is 0 Å². The molecule has 0 saturated carbocycles. The van der Waals surface area contributed by atoms with Crippen LogP contribution in [-0.4, -0.2) is 30.1 Å². The summed E-state index contributed by atoms with van der Waals surface area (Å²) in [5.41, 5.74) is 0.790. The van der Waals surface area contributed by atoms with Gasteiger partial charge in [-0.25, -0.2) is 4.39 Å². The highest BCUT2D eigenvalue weighted by Gasteiger charge is 2.30. The molecule has 0 bridgehead atoms. The standard InChI is InChI=1S/C19H21BrFNO2/c1-13(2)22-10-17(11-22)24-19-9-15(20)6-7-18(19)23-12-14-4-3-5-16(21)8-14/h3-9,13,17H,10-12H2,1-2H3. The molecule has 1 heterocycles. The Bertz CT molecular complexity index is 702. The first kappa shape index (κ1) is 17.2. The molecule has 128 valence electrons. The first-order chi connectivity index (χ1) is 11.5. The van der Waals surface area contributed by atoms with E-state index in [2.05, 4.69) is 34.7 Å². The maximum atomic E-state index is 13.3. The fourth-order valence-electron chi connectivity index (χ4n) is 2.63. The van der Waals surface area contributed by atoms with Crippen LogP contribution in [0.4, 0.5) is 4.39 Å². The van der Waals surface area contributed by atoms with Gasteiger partial charge in [0.25, 0.3) is 0 Å². The van der Waals surface area contributed by atoms with Gasteiger partial charge in [-0.3, -0.25) is 4.90 Å². The van der Waals surface area contributed by atoms with Crippen LogP contribution in [-0.2, 0) is 6.61 Å². The van der Waals surface area contributed by atoms with Crippen molar-refractivity contribution in [2.75, 3.05) is 13.1 Å². The van der Waals surface area contributed by atoms with Crippen molar-refractivity contribution in [1.82, 2.24) is 4.90 Å². The monoisotopic (exact) mass is 393 g/mol. The molecule has 0 unspecified atom stereocenters. The van der Waals surface area contributed by atoms with Crippen LogP contribution in [0, 0.1) is 5.82 Å². The Balaban J connectivity index is 1.65. The van der Waals surface area contributed by atoms with Gasteiger partial charge in [0.1, 0.15) is 18.5 Å². The van der Waals surface area contributed by atoms with Gasteiger partial charge in [-0.2, -0.15) is 0 Å². The molecule has 0 aromatic heterocycles. The largest absolute Gasteiger partial charge is 0.485 e. The summed E-state index contributed by atoms with van der Waals surface area (Å²) in [5, 5.41) is 0. The molecule has 24 heavy (non-hydrogen) atoms. The van der Waals surface area contributed by atoms with E-state index >= 15 is 0 Å². The number of likely N-dealkylation sites (tertiary alicyclic amines) is 1. The summed E-state index contributed by atoms with van der Waals surface area (Å²) < 4.78 is 26.1. The minimum atomic E-state index is -0.258. The first-order valence-corrected chi connectivity index (χ1v) is 8.88. The molecule has 2 aromatic carbocycles. The lowest BCUT2D eigenvalue weighted by molar-refractivity contribution is -0.00151. The zero-order valence-electron chi connectivity index (χ0n) is 13.8. The lowest BCUT2D eigenvalue weighted by Crippen LogP contribution is -2.56. The first-order valence-electron chi connectivity index (χ1n) is 8.09. The molecular formula is C19H21BrFNO2. The highest BCUT2D eigenvalue weighted by Crippen LogP contribution is 2.33. The summed E-state index contributed by atoms with van der Waals surface area (Å²) in [6, 6.07) is 12.7. The van der Waals surface area contributed by atoms with E-state index in [1.807, 2.05) is 24.3 Å². The van der Waals surface area contributed by atoms with Crippen molar-refractivity contribution >= 4 is 15.9 Å². The summed E-state index contributed by atoms with van der Waals surface area (Å²) in [6.07, 6.45) is 0.179. The molecule has 0 spiro atoms. The van der Waals surface area contributed by atoms with E-state index in [1.165, 1.54) is 12.1 Å². The van der Waals surface area contributed by atoms with Gasteiger partial charge >= 0.3 is 0 Å². The lowest BCUT2D eigenvalue weighted by Gasteiger charge is -2.41. The van der Waals surface area contributed by atoms with E-state index in [4.69, 9.17) is 9.47 Å². The Morgan fingerprint density at radius 1 is 1.17 bits per heavy atom. The van der Waals surface area contributed by atoms with E-state index in [0.717, 1.165) is 23.1 Å². The molecule has 0 aliphatic carbocycles. The van der Waals surface area contributed by atoms with Gasteiger partial charge in [0, 0.05) is 23.6 Å². The third kappa shape index (κ3) is 4.28. The van der Waals surface area contributed by atoms with Gasteiger partial charge in [-0.05, 0) is 49.7 Å². The average Bonchev–Trinajstić information content (AvgIpc) is 2.49. The number of hydrogen-bond acceptors (Lipinski definition) is 3. The Kier molecular flexibility index (Phi) is 5.41. The molecule has 0 N–H and O–H groups in total. The van der Waals surface area contributed by atoms with Crippen LogP contribution in [0.1, 0.15) is 19.4 Å². The van der Waals surface area contributed by atoms with Crippen molar-refractivity contribution in [1.29, 1.82) is 0 Å². The smallest absolute Gasteiger partial charge is 0.162 e. The Morgan fingerprint density at radius 3 is 2.67 bits per heavy atom. The van der Waals surface area contributed by atoms with Crippen molar-refractivity contribution in [2.24, 2.45) is 0 Å². The van der Waals surface area contributed by atoms with E-state index in [1.54, 1.807) is 6.07 Å². The molecule has 0 atom stereocenters. The molecule has 2 aromatic rings. The summed E-state index contributed by atoms with van der Waals surface area (Å²) in [6.45, 7) is 6.52. The number of ether oxygens (including phenoxy) is 2. The van der Waals surface area contributed by atoms with Gasteiger partial charge in [0.2, 0.25) is 0 Å². The number of halogens is 2. The highest BCUT2D eigenvalue weighted by molar-refractivity contribution is 9.10. The van der Waals surface area contributed by atoms with Crippen LogP contribution in [0.25, 0.3) is 0 Å². The summed E-state index contributed by atoms with van der Waals surface area (Å²) in [4.78, 5) is 2.36. The van der Waals surface area contributed by atoms with Gasteiger partial charge in [0.15, 0.2) is 11.5 Å². The van der Waals surface area contributed by atoms with Gasteiger partial charge in [-0.15, -0.1) is 0 Å². The van der Waals surface area contributed by atoms with E-state index < -0.39 is 0 Å². The minimum Gasteiger partial charge on any atom is -0.485 e. The topological polar surface area (TPSA) is 21.7 Å². The van der Waals surface area contributed by atoms with Crippen molar-refractivity contribution < 1.29 is 13.9 Å². The lowest BCUT2D eigenvalue weighted by atomic mass is 10.1. The van der Waals surface area contributed by atoms with Crippen LogP contribution >= 0.6 is 15.9 Å². The predicted molar refractivity (Wildman–Crippen MR) is 96.0 cm³/mol. The average molecular weight is 394 g/mol. The Morgan fingerprint density at radius 2 is 1.96 bits per heavy atom. The summed E-state index contributed by atoms with van der Waals surface area (Å²) >= 11 is 3.47. The minimum absolute atomic E-state index is 0.179. The van der Waals surface area contributed by atoms with Crippen molar-refractivity contribution in [2.45, 2.75) is 32.6 Å². The van der Waals surface area contributed by atoms with Crippen LogP contribution < -0.4 is 9.47 Å². The molecule has 3 nitrogen and oxygen atoms in total. The van der Waals surface area contributed by atoms with E-state index in [0.29, 0.717) is 24.1 Å². The van der Waals surface area contributed by atoms with Crippen molar-refractivity contribution in [3.05, 3.63) is 58.3 Å². The third-order valence-electron chi connectivity index (χ3n) is 4.09. The normalized spacial score (nSPS) is 15.4. The molecule has 0 radical (unpaired) electrons. The molecule has 0 amide bonds. The maximum absolute atomic E-state index is 13.3. The summed E-state index contributed by atoms with van der Waals surface area (Å²) in [5.74, 6) is 1.13. The fourth-order valence-corrected chi connectivity index (χ4v) is 2.97. The van der Waals surface area contributed by atoms with Crippen LogP contribution in [0.3, 0.4) is 0 Å². The van der Waals surface area contributed by atoms with Gasteiger partial charge in [-0.1, -0.05) is 28.1 Å². The zero-order valence-corrected chi connectivity index (χ0v) is 15.4. The SMILES string of the molecule is CC(C)N1CC(Oc2cc(Br)ccc2OCc2cccc(F)c2)C1.